The molecule has 0 aromatic carbocycles. The van der Waals surface area contributed by atoms with Gasteiger partial charge in [0.2, 0.25) is 5.91 Å². The fraction of sp³-hybridized carbons (Fsp3) is 0.818. The molecular weight excluding hydrogens is 178 g/mol. The van der Waals surface area contributed by atoms with Crippen molar-refractivity contribution in [3.05, 3.63) is 0 Å². The van der Waals surface area contributed by atoms with Crippen LogP contribution in [0.4, 0.5) is 0 Å². The van der Waals surface area contributed by atoms with E-state index >= 15 is 0 Å². The largest absolute Gasteiger partial charge is 0.356 e. The molecule has 1 amide bonds. The van der Waals surface area contributed by atoms with Crippen LogP contribution in [0.2, 0.25) is 0 Å². The summed E-state index contributed by atoms with van der Waals surface area (Å²) in [5, 5.41) is 2.76. The number of nitrogens with one attached hydrogen (secondary N) is 1. The number of hydrogen-bond donors (Lipinski definition) is 1. The summed E-state index contributed by atoms with van der Waals surface area (Å²) in [6.07, 6.45) is 0. The van der Waals surface area contributed by atoms with Gasteiger partial charge in [-0.3, -0.25) is 9.59 Å². The molecule has 0 aliphatic carbocycles. The van der Waals surface area contributed by atoms with Gasteiger partial charge in [0.05, 0.1) is 0 Å². The molecule has 0 heterocycles. The molecular formula is C11H21NO2. The Labute approximate surface area is 86.3 Å². The van der Waals surface area contributed by atoms with Crippen LogP contribution >= 0.6 is 0 Å². The minimum Gasteiger partial charge on any atom is -0.356 e. The summed E-state index contributed by atoms with van der Waals surface area (Å²) < 4.78 is 0. The topological polar surface area (TPSA) is 46.2 Å². The van der Waals surface area contributed by atoms with Crippen LogP contribution in [-0.4, -0.2) is 18.2 Å². The average Bonchev–Trinajstić information content (AvgIpc) is 2.00. The molecule has 0 atom stereocenters. The third-order valence-electron chi connectivity index (χ3n) is 3.35. The number of carbonyl (C=O) groups excluding carboxylic acids is 2. The second-order valence-corrected chi connectivity index (χ2v) is 4.97. The molecule has 82 valence electrons. The molecule has 0 saturated carbocycles. The predicted molar refractivity (Wildman–Crippen MR) is 56.9 cm³/mol. The van der Waals surface area contributed by atoms with E-state index in [1.807, 2.05) is 27.7 Å². The molecule has 0 saturated heterocycles. The van der Waals surface area contributed by atoms with Crippen LogP contribution in [0.1, 0.15) is 41.5 Å². The first-order valence-corrected chi connectivity index (χ1v) is 4.87. The molecule has 1 N–H and O–H groups in total. The van der Waals surface area contributed by atoms with E-state index in [2.05, 4.69) is 5.32 Å². The highest BCUT2D eigenvalue weighted by molar-refractivity contribution is 5.82. The fourth-order valence-corrected chi connectivity index (χ4v) is 1.04. The van der Waals surface area contributed by atoms with Crippen molar-refractivity contribution in [2.24, 2.45) is 10.8 Å². The Bertz CT molecular complexity index is 242. The first-order valence-electron chi connectivity index (χ1n) is 4.87. The smallest absolute Gasteiger partial charge is 0.216 e. The highest BCUT2D eigenvalue weighted by atomic mass is 16.1. The SMILES string of the molecule is CC(=O)NCC(C)(C)C(C)(C)C(C)=O. The monoisotopic (exact) mass is 199 g/mol. The summed E-state index contributed by atoms with van der Waals surface area (Å²) in [7, 11) is 0. The number of carbonyl (C=O) groups is 2. The lowest BCUT2D eigenvalue weighted by molar-refractivity contribution is -0.131. The Morgan fingerprint density at radius 3 is 1.79 bits per heavy atom. The molecule has 0 unspecified atom stereocenters. The Morgan fingerprint density at radius 2 is 1.50 bits per heavy atom. The van der Waals surface area contributed by atoms with Crippen molar-refractivity contribution in [2.45, 2.75) is 41.5 Å². The number of ketones is 1. The van der Waals surface area contributed by atoms with Gasteiger partial charge in [-0.25, -0.2) is 0 Å². The number of rotatable bonds is 4. The average molecular weight is 199 g/mol. The zero-order chi connectivity index (χ0) is 11.6. The molecule has 0 bridgehead atoms. The lowest BCUT2D eigenvalue weighted by atomic mass is 9.66. The molecule has 14 heavy (non-hydrogen) atoms. The maximum Gasteiger partial charge on any atom is 0.216 e. The van der Waals surface area contributed by atoms with Gasteiger partial charge in [0, 0.05) is 18.9 Å². The molecule has 0 aliphatic heterocycles. The molecule has 0 aromatic rings. The summed E-state index contributed by atoms with van der Waals surface area (Å²) in [5.41, 5.74) is -0.653. The summed E-state index contributed by atoms with van der Waals surface area (Å²) in [6, 6.07) is 0. The number of amides is 1. The molecule has 0 radical (unpaired) electrons. The van der Waals surface area contributed by atoms with Gasteiger partial charge >= 0.3 is 0 Å². The van der Waals surface area contributed by atoms with Gasteiger partial charge in [-0.2, -0.15) is 0 Å². The summed E-state index contributed by atoms with van der Waals surface area (Å²) in [6.45, 7) is 11.4. The van der Waals surface area contributed by atoms with Crippen LogP contribution in [0.25, 0.3) is 0 Å². The Kier molecular flexibility index (Phi) is 3.86. The van der Waals surface area contributed by atoms with Gasteiger partial charge in [-0.05, 0) is 12.3 Å². The van der Waals surface area contributed by atoms with E-state index in [9.17, 15) is 9.59 Å². The van der Waals surface area contributed by atoms with Gasteiger partial charge in [-0.15, -0.1) is 0 Å². The lowest BCUT2D eigenvalue weighted by Gasteiger charge is -2.39. The van der Waals surface area contributed by atoms with E-state index in [0.29, 0.717) is 6.54 Å². The maximum absolute atomic E-state index is 11.4. The van der Waals surface area contributed by atoms with Crippen LogP contribution in [-0.2, 0) is 9.59 Å². The molecule has 3 nitrogen and oxygen atoms in total. The third-order valence-corrected chi connectivity index (χ3v) is 3.35. The lowest BCUT2D eigenvalue weighted by Crippen LogP contribution is -2.46. The standard InChI is InChI=1S/C11H21NO2/c1-8(13)11(5,6)10(3,4)7-12-9(2)14/h7H2,1-6H3,(H,12,14). The van der Waals surface area contributed by atoms with Gasteiger partial charge in [0.25, 0.3) is 0 Å². The second kappa shape index (κ2) is 4.11. The van der Waals surface area contributed by atoms with E-state index in [-0.39, 0.29) is 17.1 Å². The zero-order valence-corrected chi connectivity index (χ0v) is 10.0. The molecule has 0 aromatic heterocycles. The molecule has 0 rings (SSSR count). The van der Waals surface area contributed by atoms with Crippen LogP contribution in [0.5, 0.6) is 0 Å². The first kappa shape index (κ1) is 13.1. The molecule has 0 spiro atoms. The van der Waals surface area contributed by atoms with Gasteiger partial charge in [0.1, 0.15) is 5.78 Å². The van der Waals surface area contributed by atoms with Crippen molar-refractivity contribution in [3.8, 4) is 0 Å². The highest BCUT2D eigenvalue weighted by Gasteiger charge is 2.40. The fourth-order valence-electron chi connectivity index (χ4n) is 1.04. The van der Waals surface area contributed by atoms with E-state index in [1.54, 1.807) is 6.92 Å². The second-order valence-electron chi connectivity index (χ2n) is 4.97. The van der Waals surface area contributed by atoms with Gasteiger partial charge in [0.15, 0.2) is 0 Å². The Balaban J connectivity index is 4.59. The van der Waals surface area contributed by atoms with Gasteiger partial charge < -0.3 is 5.32 Å². The first-order chi connectivity index (χ1) is 6.11. The van der Waals surface area contributed by atoms with Crippen LogP contribution in [0, 0.1) is 10.8 Å². The van der Waals surface area contributed by atoms with Crippen molar-refractivity contribution in [2.75, 3.05) is 6.54 Å². The minimum atomic E-state index is -0.421. The quantitative estimate of drug-likeness (QED) is 0.750. The van der Waals surface area contributed by atoms with Crippen molar-refractivity contribution >= 4 is 11.7 Å². The maximum atomic E-state index is 11.4. The van der Waals surface area contributed by atoms with Crippen molar-refractivity contribution in [1.29, 1.82) is 0 Å². The predicted octanol–water partition coefficient (Wildman–Crippen LogP) is 1.76. The van der Waals surface area contributed by atoms with Crippen LogP contribution < -0.4 is 5.32 Å². The van der Waals surface area contributed by atoms with E-state index in [4.69, 9.17) is 0 Å². The third kappa shape index (κ3) is 2.82. The summed E-state index contributed by atoms with van der Waals surface area (Å²) in [5.74, 6) is 0.0882. The van der Waals surface area contributed by atoms with E-state index in [0.717, 1.165) is 0 Å². The van der Waals surface area contributed by atoms with Crippen LogP contribution in [0.15, 0.2) is 0 Å². The van der Waals surface area contributed by atoms with E-state index in [1.165, 1.54) is 6.92 Å². The minimum absolute atomic E-state index is 0.0579. The summed E-state index contributed by atoms with van der Waals surface area (Å²) >= 11 is 0. The number of hydrogen-bond acceptors (Lipinski definition) is 2. The van der Waals surface area contributed by atoms with Crippen molar-refractivity contribution in [3.63, 3.8) is 0 Å². The Morgan fingerprint density at radius 1 is 1.07 bits per heavy atom. The molecule has 3 heteroatoms. The van der Waals surface area contributed by atoms with Gasteiger partial charge in [-0.1, -0.05) is 27.7 Å². The Hall–Kier alpha value is -0.860. The van der Waals surface area contributed by atoms with Crippen LogP contribution in [0.3, 0.4) is 0 Å². The normalized spacial score (nSPS) is 12.4. The van der Waals surface area contributed by atoms with Crippen molar-refractivity contribution in [1.82, 2.24) is 5.32 Å². The zero-order valence-electron chi connectivity index (χ0n) is 10.0. The van der Waals surface area contributed by atoms with E-state index < -0.39 is 5.41 Å². The van der Waals surface area contributed by atoms with Crippen molar-refractivity contribution < 1.29 is 9.59 Å². The summed E-state index contributed by atoms with van der Waals surface area (Å²) in [4.78, 5) is 22.2. The highest BCUT2D eigenvalue weighted by Crippen LogP contribution is 2.38. The molecule has 0 aliphatic rings. The molecule has 0 fully saturated rings. The number of Topliss-reactive ketones (excluding diaryl/α,β-unsaturated/α-hetero) is 1.